The van der Waals surface area contributed by atoms with Crippen LogP contribution in [-0.4, -0.2) is 21.0 Å². The maximum atomic E-state index is 12.4. The lowest BCUT2D eigenvalue weighted by molar-refractivity contribution is 0.0934. The smallest absolute Gasteiger partial charge is 0.252 e. The molecule has 0 aromatic heterocycles. The van der Waals surface area contributed by atoms with E-state index in [2.05, 4.69) is 16.0 Å². The predicted octanol–water partition coefficient (Wildman–Crippen LogP) is 5.25. The van der Waals surface area contributed by atoms with Crippen LogP contribution >= 0.6 is 47.0 Å². The lowest BCUT2D eigenvalue weighted by atomic mass is 10.1. The number of rotatable bonds is 4. The number of hydrogen-bond acceptors (Lipinski definition) is 2. The maximum absolute atomic E-state index is 12.4. The molecule has 4 nitrogen and oxygen atoms in total. The number of anilines is 1. The highest BCUT2D eigenvalue weighted by Crippen LogP contribution is 2.29. The topological polar surface area (TPSA) is 53.2 Å². The Hall–Kier alpha value is -2.05. The zero-order valence-corrected chi connectivity index (χ0v) is 17.5. The molecule has 1 atom stereocenters. The molecule has 0 saturated heterocycles. The fraction of sp³-hybridized carbons (Fsp3) is 0.100. The van der Waals surface area contributed by atoms with Crippen LogP contribution in [0.3, 0.4) is 0 Å². The first kappa shape index (κ1) is 20.7. The molecule has 0 bridgehead atoms. The van der Waals surface area contributed by atoms with Crippen molar-refractivity contribution in [1.82, 2.24) is 10.6 Å². The minimum absolute atomic E-state index is 0.208. The van der Waals surface area contributed by atoms with Gasteiger partial charge in [-0.05, 0) is 47.3 Å². The largest absolute Gasteiger partial charge is 0.339 e. The van der Waals surface area contributed by atoms with Gasteiger partial charge in [0, 0.05) is 11.3 Å². The second kappa shape index (κ2) is 8.97. The molecule has 28 heavy (non-hydrogen) atoms. The van der Waals surface area contributed by atoms with Gasteiger partial charge in [-0.2, -0.15) is 0 Å². The highest BCUT2D eigenvalue weighted by molar-refractivity contribution is 7.80. The van der Waals surface area contributed by atoms with Crippen molar-refractivity contribution >= 4 is 74.5 Å². The molecule has 0 fully saturated rings. The standard InChI is InChI=1S/C20H16Cl3N3OS/c21-20(22,23)18(25-17(27)14-7-2-1-3-8-14)26-19(28)24-16-11-10-13-6-4-5-9-15(13)12-16/h1-12,18H,(H,25,27)(H2,24,26,28). The minimum atomic E-state index is -1.82. The Morgan fingerprint density at radius 1 is 0.857 bits per heavy atom. The van der Waals surface area contributed by atoms with Crippen molar-refractivity contribution < 1.29 is 4.79 Å². The van der Waals surface area contributed by atoms with Gasteiger partial charge in [0.15, 0.2) is 5.11 Å². The third kappa shape index (κ3) is 5.49. The Morgan fingerprint density at radius 2 is 1.50 bits per heavy atom. The molecule has 1 unspecified atom stereocenters. The molecule has 0 aliphatic carbocycles. The number of halogens is 3. The van der Waals surface area contributed by atoms with E-state index in [4.69, 9.17) is 47.0 Å². The number of fused-ring (bicyclic) bond motifs is 1. The molecule has 3 aromatic rings. The third-order valence-corrected chi connectivity index (χ3v) is 4.80. The number of carbonyl (C=O) groups is 1. The first-order valence-corrected chi connectivity index (χ1v) is 9.86. The van der Waals surface area contributed by atoms with Crippen LogP contribution in [0, 0.1) is 0 Å². The van der Waals surface area contributed by atoms with E-state index in [1.807, 2.05) is 48.5 Å². The molecule has 0 saturated carbocycles. The van der Waals surface area contributed by atoms with Crippen molar-refractivity contribution in [2.24, 2.45) is 0 Å². The van der Waals surface area contributed by atoms with E-state index >= 15 is 0 Å². The molecule has 0 radical (unpaired) electrons. The van der Waals surface area contributed by atoms with Gasteiger partial charge in [-0.25, -0.2) is 0 Å². The molecular weight excluding hydrogens is 437 g/mol. The Morgan fingerprint density at radius 3 is 2.18 bits per heavy atom. The summed E-state index contributed by atoms with van der Waals surface area (Å²) in [5.74, 6) is -0.391. The van der Waals surface area contributed by atoms with E-state index in [-0.39, 0.29) is 5.11 Å². The normalized spacial score (nSPS) is 12.2. The van der Waals surface area contributed by atoms with Crippen molar-refractivity contribution in [3.05, 3.63) is 78.4 Å². The summed E-state index contributed by atoms with van der Waals surface area (Å²) >= 11 is 23.4. The Bertz CT molecular complexity index is 993. The van der Waals surface area contributed by atoms with Gasteiger partial charge in [0.05, 0.1) is 0 Å². The summed E-state index contributed by atoms with van der Waals surface area (Å²) in [6.07, 6.45) is -1.04. The molecule has 8 heteroatoms. The summed E-state index contributed by atoms with van der Waals surface area (Å²) in [5.41, 5.74) is 1.21. The fourth-order valence-electron chi connectivity index (χ4n) is 2.57. The van der Waals surface area contributed by atoms with Gasteiger partial charge in [-0.1, -0.05) is 83.3 Å². The maximum Gasteiger partial charge on any atom is 0.252 e. The van der Waals surface area contributed by atoms with Gasteiger partial charge < -0.3 is 16.0 Å². The number of alkyl halides is 3. The summed E-state index contributed by atoms with van der Waals surface area (Å²) in [6, 6.07) is 22.4. The van der Waals surface area contributed by atoms with Gasteiger partial charge in [0.1, 0.15) is 6.17 Å². The molecule has 3 aromatic carbocycles. The van der Waals surface area contributed by atoms with E-state index < -0.39 is 15.9 Å². The van der Waals surface area contributed by atoms with E-state index in [9.17, 15) is 4.79 Å². The van der Waals surface area contributed by atoms with Crippen LogP contribution in [0.2, 0.25) is 0 Å². The predicted molar refractivity (Wildman–Crippen MR) is 121 cm³/mol. The number of hydrogen-bond donors (Lipinski definition) is 3. The summed E-state index contributed by atoms with van der Waals surface area (Å²) < 4.78 is -1.82. The number of benzene rings is 3. The van der Waals surface area contributed by atoms with Crippen LogP contribution < -0.4 is 16.0 Å². The van der Waals surface area contributed by atoms with Crippen LogP contribution in [0.15, 0.2) is 72.8 Å². The molecule has 0 aliphatic rings. The average Bonchev–Trinajstić information content (AvgIpc) is 2.67. The Labute approximate surface area is 183 Å². The van der Waals surface area contributed by atoms with Crippen molar-refractivity contribution in [3.8, 4) is 0 Å². The third-order valence-electron chi connectivity index (χ3n) is 3.92. The highest BCUT2D eigenvalue weighted by Gasteiger charge is 2.34. The van der Waals surface area contributed by atoms with Crippen molar-refractivity contribution in [2.45, 2.75) is 9.96 Å². The first-order chi connectivity index (χ1) is 13.3. The van der Waals surface area contributed by atoms with Gasteiger partial charge >= 0.3 is 0 Å². The van der Waals surface area contributed by atoms with Gasteiger partial charge in [0.25, 0.3) is 5.91 Å². The molecule has 0 aliphatic heterocycles. The minimum Gasteiger partial charge on any atom is -0.339 e. The number of amides is 1. The van der Waals surface area contributed by atoms with Crippen LogP contribution in [0.4, 0.5) is 5.69 Å². The summed E-state index contributed by atoms with van der Waals surface area (Å²) in [6.45, 7) is 0. The lowest BCUT2D eigenvalue weighted by Gasteiger charge is -2.27. The van der Waals surface area contributed by atoms with Crippen LogP contribution in [0.1, 0.15) is 10.4 Å². The van der Waals surface area contributed by atoms with Crippen LogP contribution in [0.5, 0.6) is 0 Å². The zero-order chi connectivity index (χ0) is 20.1. The van der Waals surface area contributed by atoms with Gasteiger partial charge in [0.2, 0.25) is 3.79 Å². The van der Waals surface area contributed by atoms with E-state index in [0.29, 0.717) is 5.56 Å². The molecule has 3 rings (SSSR count). The van der Waals surface area contributed by atoms with Gasteiger partial charge in [-0.3, -0.25) is 4.79 Å². The van der Waals surface area contributed by atoms with Crippen LogP contribution in [0.25, 0.3) is 10.8 Å². The number of nitrogens with one attached hydrogen (secondary N) is 3. The summed E-state index contributed by atoms with van der Waals surface area (Å²) in [7, 11) is 0. The van der Waals surface area contributed by atoms with Crippen molar-refractivity contribution in [3.63, 3.8) is 0 Å². The molecule has 3 N–H and O–H groups in total. The average molecular weight is 453 g/mol. The van der Waals surface area contributed by atoms with Crippen molar-refractivity contribution in [1.29, 1.82) is 0 Å². The second-order valence-electron chi connectivity index (χ2n) is 5.97. The van der Waals surface area contributed by atoms with E-state index in [1.165, 1.54) is 0 Å². The summed E-state index contributed by atoms with van der Waals surface area (Å²) in [5, 5.41) is 10.9. The monoisotopic (exact) mass is 451 g/mol. The highest BCUT2D eigenvalue weighted by atomic mass is 35.6. The molecule has 144 valence electrons. The van der Waals surface area contributed by atoms with E-state index in [1.54, 1.807) is 24.3 Å². The molecular formula is C20H16Cl3N3OS. The van der Waals surface area contributed by atoms with Crippen LogP contribution in [-0.2, 0) is 0 Å². The van der Waals surface area contributed by atoms with Gasteiger partial charge in [-0.15, -0.1) is 0 Å². The second-order valence-corrected chi connectivity index (χ2v) is 8.75. The Balaban J connectivity index is 1.69. The number of thiocarbonyl (C=S) groups is 1. The first-order valence-electron chi connectivity index (χ1n) is 8.32. The van der Waals surface area contributed by atoms with Crippen molar-refractivity contribution in [2.75, 3.05) is 5.32 Å². The molecule has 1 amide bonds. The zero-order valence-electron chi connectivity index (χ0n) is 14.5. The quantitative estimate of drug-likeness (QED) is 0.287. The molecule has 0 spiro atoms. The van der Waals surface area contributed by atoms with E-state index in [0.717, 1.165) is 16.5 Å². The number of carbonyl (C=O) groups excluding carboxylic acids is 1. The fourth-order valence-corrected chi connectivity index (χ4v) is 3.13. The summed E-state index contributed by atoms with van der Waals surface area (Å²) in [4.78, 5) is 12.4. The lowest BCUT2D eigenvalue weighted by Crippen LogP contribution is -2.56. The Kier molecular flexibility index (Phi) is 6.62. The SMILES string of the molecule is O=C(NC(NC(=S)Nc1ccc2ccccc2c1)C(Cl)(Cl)Cl)c1ccccc1. The molecule has 0 heterocycles.